The minimum atomic E-state index is -3.96. The first-order chi connectivity index (χ1) is 14.3. The monoisotopic (exact) mass is 462 g/mol. The molecular weight excluding hydrogens is 443 g/mol. The summed E-state index contributed by atoms with van der Waals surface area (Å²) < 4.78 is 27.8. The summed E-state index contributed by atoms with van der Waals surface area (Å²) in [4.78, 5) is 14.4. The van der Waals surface area contributed by atoms with Gasteiger partial charge >= 0.3 is 0 Å². The van der Waals surface area contributed by atoms with E-state index in [0.717, 1.165) is 4.31 Å². The fourth-order valence-electron chi connectivity index (χ4n) is 2.87. The van der Waals surface area contributed by atoms with Crippen molar-refractivity contribution >= 4 is 44.8 Å². The molecule has 0 aliphatic rings. The summed E-state index contributed by atoms with van der Waals surface area (Å²) in [5, 5.41) is 0.916. The second kappa shape index (κ2) is 9.62. The number of sulfonamides is 1. The molecule has 0 aliphatic heterocycles. The number of para-hydroxylation sites is 1. The number of carbonyl (C=O) groups is 1. The van der Waals surface area contributed by atoms with Gasteiger partial charge in [-0.05, 0) is 54.1 Å². The van der Waals surface area contributed by atoms with Gasteiger partial charge in [-0.1, -0.05) is 53.5 Å². The standard InChI is InChI=1S/C22H20Cl2N2O3S/c1-25(20-8-3-2-4-9-20)22(27)16-26(15-17-6-5-7-19(24)14-17)30(28,29)21-12-10-18(23)11-13-21/h2-14H,15-16H2,1H3. The lowest BCUT2D eigenvalue weighted by atomic mass is 10.2. The van der Waals surface area contributed by atoms with Gasteiger partial charge in [-0.25, -0.2) is 8.42 Å². The largest absolute Gasteiger partial charge is 0.314 e. The Morgan fingerprint density at radius 1 is 0.867 bits per heavy atom. The van der Waals surface area contributed by atoms with Crippen LogP contribution in [0.15, 0.2) is 83.8 Å². The van der Waals surface area contributed by atoms with Crippen molar-refractivity contribution in [2.45, 2.75) is 11.4 Å². The molecule has 0 spiro atoms. The highest BCUT2D eigenvalue weighted by Gasteiger charge is 2.28. The van der Waals surface area contributed by atoms with E-state index in [1.165, 1.54) is 29.2 Å². The minimum Gasteiger partial charge on any atom is -0.314 e. The maximum atomic E-state index is 13.3. The molecule has 0 atom stereocenters. The molecule has 0 aliphatic carbocycles. The Balaban J connectivity index is 1.92. The molecule has 0 N–H and O–H groups in total. The van der Waals surface area contributed by atoms with Crippen LogP contribution >= 0.6 is 23.2 Å². The second-order valence-electron chi connectivity index (χ2n) is 6.65. The van der Waals surface area contributed by atoms with Crippen LogP contribution in [0, 0.1) is 0 Å². The summed E-state index contributed by atoms with van der Waals surface area (Å²) >= 11 is 12.0. The molecule has 0 aromatic heterocycles. The third-order valence-corrected chi connectivity index (χ3v) is 6.82. The number of halogens is 2. The first-order valence-electron chi connectivity index (χ1n) is 9.09. The Morgan fingerprint density at radius 2 is 1.53 bits per heavy atom. The van der Waals surface area contributed by atoms with Crippen molar-refractivity contribution in [3.05, 3.63) is 94.5 Å². The highest BCUT2D eigenvalue weighted by Crippen LogP contribution is 2.22. The number of rotatable bonds is 7. The molecule has 0 fully saturated rings. The fraction of sp³-hybridized carbons (Fsp3) is 0.136. The summed E-state index contributed by atoms with van der Waals surface area (Å²) in [6.45, 7) is -0.331. The predicted molar refractivity (Wildman–Crippen MR) is 120 cm³/mol. The average Bonchev–Trinajstić information content (AvgIpc) is 2.73. The van der Waals surface area contributed by atoms with Gasteiger partial charge in [-0.15, -0.1) is 0 Å². The highest BCUT2D eigenvalue weighted by molar-refractivity contribution is 7.89. The van der Waals surface area contributed by atoms with E-state index in [4.69, 9.17) is 23.2 Å². The first kappa shape index (κ1) is 22.3. The van der Waals surface area contributed by atoms with Gasteiger partial charge in [0, 0.05) is 29.3 Å². The van der Waals surface area contributed by atoms with Gasteiger partial charge in [0.05, 0.1) is 11.4 Å². The molecule has 0 bridgehead atoms. The predicted octanol–water partition coefficient (Wildman–Crippen LogP) is 4.85. The Bertz CT molecular complexity index is 1120. The van der Waals surface area contributed by atoms with Gasteiger partial charge in [0.1, 0.15) is 0 Å². The molecule has 8 heteroatoms. The molecule has 5 nitrogen and oxygen atoms in total. The molecule has 3 aromatic rings. The number of benzene rings is 3. The van der Waals surface area contributed by atoms with E-state index in [1.807, 2.05) is 18.2 Å². The molecule has 0 saturated heterocycles. The van der Waals surface area contributed by atoms with Crippen molar-refractivity contribution in [1.82, 2.24) is 4.31 Å². The van der Waals surface area contributed by atoms with E-state index in [0.29, 0.717) is 21.3 Å². The van der Waals surface area contributed by atoms with Gasteiger partial charge in [0.25, 0.3) is 0 Å². The lowest BCUT2D eigenvalue weighted by molar-refractivity contribution is -0.118. The number of anilines is 1. The smallest absolute Gasteiger partial charge is 0.243 e. The molecule has 156 valence electrons. The molecule has 1 amide bonds. The summed E-state index contributed by atoms with van der Waals surface area (Å²) in [5.74, 6) is -0.360. The maximum absolute atomic E-state index is 13.3. The number of amides is 1. The molecule has 3 rings (SSSR count). The van der Waals surface area contributed by atoms with Crippen molar-refractivity contribution in [3.8, 4) is 0 Å². The van der Waals surface area contributed by atoms with Crippen molar-refractivity contribution in [2.24, 2.45) is 0 Å². The van der Waals surface area contributed by atoms with E-state index in [9.17, 15) is 13.2 Å². The van der Waals surface area contributed by atoms with Crippen molar-refractivity contribution < 1.29 is 13.2 Å². The average molecular weight is 463 g/mol. The number of hydrogen-bond donors (Lipinski definition) is 0. The molecular formula is C22H20Cl2N2O3S. The quantitative estimate of drug-likeness (QED) is 0.504. The maximum Gasteiger partial charge on any atom is 0.243 e. The molecule has 0 unspecified atom stereocenters. The van der Waals surface area contributed by atoms with Crippen LogP contribution in [0.3, 0.4) is 0 Å². The van der Waals surface area contributed by atoms with Crippen LogP contribution in [0.2, 0.25) is 10.0 Å². The van der Waals surface area contributed by atoms with E-state index in [1.54, 1.807) is 43.4 Å². The minimum absolute atomic E-state index is 0.000110. The Morgan fingerprint density at radius 3 is 2.17 bits per heavy atom. The zero-order valence-electron chi connectivity index (χ0n) is 16.2. The second-order valence-corrected chi connectivity index (χ2v) is 9.46. The third kappa shape index (κ3) is 5.40. The normalized spacial score (nSPS) is 11.5. The fourth-order valence-corrected chi connectivity index (χ4v) is 4.59. The van der Waals surface area contributed by atoms with Crippen LogP contribution in [-0.4, -0.2) is 32.2 Å². The third-order valence-electron chi connectivity index (χ3n) is 4.53. The molecule has 30 heavy (non-hydrogen) atoms. The van der Waals surface area contributed by atoms with E-state index >= 15 is 0 Å². The number of hydrogen-bond acceptors (Lipinski definition) is 3. The molecule has 0 saturated carbocycles. The van der Waals surface area contributed by atoms with Gasteiger partial charge in [0.15, 0.2) is 0 Å². The lowest BCUT2D eigenvalue weighted by Gasteiger charge is -2.25. The lowest BCUT2D eigenvalue weighted by Crippen LogP contribution is -2.41. The van der Waals surface area contributed by atoms with E-state index < -0.39 is 10.0 Å². The summed E-state index contributed by atoms with van der Waals surface area (Å²) in [7, 11) is -2.34. The van der Waals surface area contributed by atoms with Crippen molar-refractivity contribution in [1.29, 1.82) is 0 Å². The van der Waals surface area contributed by atoms with Gasteiger partial charge < -0.3 is 4.90 Å². The number of nitrogens with zero attached hydrogens (tertiary/aromatic N) is 2. The topological polar surface area (TPSA) is 57.7 Å². The van der Waals surface area contributed by atoms with Crippen molar-refractivity contribution in [3.63, 3.8) is 0 Å². The summed E-state index contributed by atoms with van der Waals surface area (Å²) in [5.41, 5.74) is 1.35. The summed E-state index contributed by atoms with van der Waals surface area (Å²) in [6.07, 6.45) is 0. The number of likely N-dealkylation sites (N-methyl/N-ethyl adjacent to an activating group) is 1. The van der Waals surface area contributed by atoms with Gasteiger partial charge in [-0.2, -0.15) is 4.31 Å². The summed E-state index contributed by atoms with van der Waals surface area (Å²) in [6, 6.07) is 21.8. The van der Waals surface area contributed by atoms with Crippen LogP contribution in [0.25, 0.3) is 0 Å². The molecule has 3 aromatic carbocycles. The van der Waals surface area contributed by atoms with E-state index in [-0.39, 0.29) is 23.9 Å². The zero-order chi connectivity index (χ0) is 21.7. The SMILES string of the molecule is CN(C(=O)CN(Cc1cccc(Cl)c1)S(=O)(=O)c1ccc(Cl)cc1)c1ccccc1. The van der Waals surface area contributed by atoms with Crippen molar-refractivity contribution in [2.75, 3.05) is 18.5 Å². The van der Waals surface area contributed by atoms with Crippen LogP contribution in [0.5, 0.6) is 0 Å². The Kier molecular flexibility index (Phi) is 7.15. The Hall–Kier alpha value is -2.38. The first-order valence-corrected chi connectivity index (χ1v) is 11.3. The van der Waals surface area contributed by atoms with Crippen LogP contribution < -0.4 is 4.90 Å². The van der Waals surface area contributed by atoms with Crippen LogP contribution in [-0.2, 0) is 21.4 Å². The van der Waals surface area contributed by atoms with Crippen LogP contribution in [0.1, 0.15) is 5.56 Å². The molecule has 0 radical (unpaired) electrons. The zero-order valence-corrected chi connectivity index (χ0v) is 18.5. The Labute approximate surface area is 186 Å². The van der Waals surface area contributed by atoms with Crippen LogP contribution in [0.4, 0.5) is 5.69 Å². The van der Waals surface area contributed by atoms with Gasteiger partial charge in [-0.3, -0.25) is 4.79 Å². The van der Waals surface area contributed by atoms with E-state index in [2.05, 4.69) is 0 Å². The molecule has 0 heterocycles. The number of carbonyl (C=O) groups excluding carboxylic acids is 1. The van der Waals surface area contributed by atoms with Gasteiger partial charge in [0.2, 0.25) is 15.9 Å². The highest BCUT2D eigenvalue weighted by atomic mass is 35.5.